The van der Waals surface area contributed by atoms with Gasteiger partial charge in [0.2, 0.25) is 0 Å². The van der Waals surface area contributed by atoms with E-state index >= 15 is 0 Å². The molecular formula is C41H72NO9P. The molecule has 3 atom stereocenters. The Morgan fingerprint density at radius 2 is 1.15 bits per heavy atom. The Morgan fingerprint density at radius 3 is 1.75 bits per heavy atom. The van der Waals surface area contributed by atoms with Gasteiger partial charge in [-0.15, -0.1) is 0 Å². The van der Waals surface area contributed by atoms with Gasteiger partial charge in [0.1, 0.15) is 6.61 Å². The summed E-state index contributed by atoms with van der Waals surface area (Å²) in [7, 11) is -4.40. The Hall–Kier alpha value is -2.33. The number of phosphoric acid groups is 1. The fraction of sp³-hybridized carbons (Fsp3) is 0.707. The Labute approximate surface area is 315 Å². The molecule has 0 bridgehead atoms. The van der Waals surface area contributed by atoms with E-state index in [2.05, 4.69) is 61.6 Å². The van der Waals surface area contributed by atoms with E-state index in [-0.39, 0.29) is 38.7 Å². The number of carbonyl (C=O) groups excluding carboxylic acids is 2. The molecular weight excluding hydrogens is 681 g/mol. The summed E-state index contributed by atoms with van der Waals surface area (Å²) < 4.78 is 32.6. The van der Waals surface area contributed by atoms with Crippen LogP contribution in [0.1, 0.15) is 149 Å². The first-order valence-corrected chi connectivity index (χ1v) is 21.3. The van der Waals surface area contributed by atoms with Crippen LogP contribution in [-0.2, 0) is 32.7 Å². The lowest BCUT2D eigenvalue weighted by atomic mass is 10.1. The molecule has 1 unspecified atom stereocenters. The fourth-order valence-corrected chi connectivity index (χ4v) is 5.70. The summed E-state index contributed by atoms with van der Waals surface area (Å²) in [6.07, 6.45) is 39.6. The molecule has 0 aromatic rings. The van der Waals surface area contributed by atoms with E-state index in [0.717, 1.165) is 83.5 Å². The van der Waals surface area contributed by atoms with Crippen molar-refractivity contribution in [1.29, 1.82) is 0 Å². The predicted octanol–water partition coefficient (Wildman–Crippen LogP) is 9.91. The first-order valence-electron chi connectivity index (χ1n) is 19.8. The van der Waals surface area contributed by atoms with Crippen molar-refractivity contribution in [2.75, 3.05) is 26.4 Å². The lowest BCUT2D eigenvalue weighted by Gasteiger charge is -2.19. The highest BCUT2D eigenvalue weighted by molar-refractivity contribution is 7.47. The molecule has 0 heterocycles. The van der Waals surface area contributed by atoms with Crippen molar-refractivity contribution in [2.24, 2.45) is 5.73 Å². The summed E-state index contributed by atoms with van der Waals surface area (Å²) in [6.45, 7) is 3.16. The second-order valence-electron chi connectivity index (χ2n) is 13.1. The fourth-order valence-electron chi connectivity index (χ4n) is 4.93. The van der Waals surface area contributed by atoms with Crippen molar-refractivity contribution in [3.63, 3.8) is 0 Å². The molecule has 0 aromatic carbocycles. The van der Waals surface area contributed by atoms with Gasteiger partial charge >= 0.3 is 19.8 Å². The van der Waals surface area contributed by atoms with Gasteiger partial charge in [0.25, 0.3) is 0 Å². The molecule has 0 saturated heterocycles. The summed E-state index contributed by atoms with van der Waals surface area (Å²) in [4.78, 5) is 34.7. The maximum Gasteiger partial charge on any atom is 0.472 e. The lowest BCUT2D eigenvalue weighted by molar-refractivity contribution is -0.161. The number of esters is 2. The first-order chi connectivity index (χ1) is 25.2. The Balaban J connectivity index is 4.32. The molecule has 0 spiro atoms. The summed E-state index contributed by atoms with van der Waals surface area (Å²) in [6, 6.07) is 0. The number of aliphatic hydroxyl groups excluding tert-OH is 1. The summed E-state index contributed by atoms with van der Waals surface area (Å²) in [5.74, 6) is -0.928. The van der Waals surface area contributed by atoms with Crippen LogP contribution in [0.15, 0.2) is 60.8 Å². The van der Waals surface area contributed by atoms with Crippen LogP contribution in [0, 0.1) is 0 Å². The van der Waals surface area contributed by atoms with Crippen molar-refractivity contribution in [2.45, 2.75) is 161 Å². The van der Waals surface area contributed by atoms with Crippen molar-refractivity contribution < 1.29 is 42.7 Å². The summed E-state index contributed by atoms with van der Waals surface area (Å²) in [5, 5.41) is 9.25. The third kappa shape index (κ3) is 37.4. The van der Waals surface area contributed by atoms with Crippen LogP contribution in [0.2, 0.25) is 0 Å². The minimum Gasteiger partial charge on any atom is -0.462 e. The van der Waals surface area contributed by atoms with Crippen LogP contribution < -0.4 is 5.73 Å². The van der Waals surface area contributed by atoms with Gasteiger partial charge in [-0.1, -0.05) is 106 Å². The summed E-state index contributed by atoms with van der Waals surface area (Å²) >= 11 is 0. The number of hydrogen-bond acceptors (Lipinski definition) is 9. The Kier molecular flexibility index (Phi) is 35.3. The number of rotatable bonds is 36. The second-order valence-corrected chi connectivity index (χ2v) is 14.5. The van der Waals surface area contributed by atoms with Gasteiger partial charge in [-0.3, -0.25) is 18.6 Å². The van der Waals surface area contributed by atoms with E-state index in [0.29, 0.717) is 12.8 Å². The molecule has 4 N–H and O–H groups in total. The second kappa shape index (κ2) is 37.0. The maximum absolute atomic E-state index is 12.5. The molecule has 0 aliphatic carbocycles. The maximum atomic E-state index is 12.5. The number of unbranched alkanes of at least 4 members (excludes halogenated alkanes) is 11. The normalized spacial score (nSPS) is 14.6. The number of hydrogen-bond donors (Lipinski definition) is 3. The van der Waals surface area contributed by atoms with E-state index in [4.69, 9.17) is 24.3 Å². The zero-order chi connectivity index (χ0) is 38.4. The zero-order valence-electron chi connectivity index (χ0n) is 32.4. The van der Waals surface area contributed by atoms with E-state index in [9.17, 15) is 24.2 Å². The SMILES string of the molecule is CCCCCC/C=C\CCCCCCCC(=O)O[C@H](COC(=O)CCC/C=C\C/C=C\C/C=C\C/C=C\CCC[C@@H](C)O)COP(=O)(O)OCCN. The average Bonchev–Trinajstić information content (AvgIpc) is 3.11. The Morgan fingerprint density at radius 1 is 0.654 bits per heavy atom. The average molecular weight is 754 g/mol. The highest BCUT2D eigenvalue weighted by Gasteiger charge is 2.25. The topological polar surface area (TPSA) is 155 Å². The molecule has 300 valence electrons. The molecule has 0 aliphatic heterocycles. The van der Waals surface area contributed by atoms with Gasteiger partial charge in [0.15, 0.2) is 6.10 Å². The van der Waals surface area contributed by atoms with Crippen molar-refractivity contribution in [3.8, 4) is 0 Å². The lowest BCUT2D eigenvalue weighted by Crippen LogP contribution is -2.29. The van der Waals surface area contributed by atoms with Crippen molar-refractivity contribution >= 4 is 19.8 Å². The van der Waals surface area contributed by atoms with Crippen LogP contribution in [0.4, 0.5) is 0 Å². The van der Waals surface area contributed by atoms with Crippen LogP contribution >= 0.6 is 7.82 Å². The highest BCUT2D eigenvalue weighted by Crippen LogP contribution is 2.43. The van der Waals surface area contributed by atoms with E-state index in [1.807, 2.05) is 13.0 Å². The standard InChI is InChI=1S/C41H72NO9P/c1-3-4-5-6-7-8-9-13-18-21-24-27-30-33-41(45)51-39(37-50-52(46,47)49-35-34-42)36-48-40(44)32-29-26-23-20-17-15-12-10-11-14-16-19-22-25-28-31-38(2)43/h8-9,11-12,14-15,19-20,22-23,38-39,43H,3-7,10,13,16-18,21,24-37,42H2,1-2H3,(H,46,47)/b9-8-,14-11-,15-12-,22-19-,23-20-/t38-,39-/m1/s1. The third-order valence-corrected chi connectivity index (χ3v) is 8.88. The van der Waals surface area contributed by atoms with Gasteiger partial charge in [-0.25, -0.2) is 4.57 Å². The van der Waals surface area contributed by atoms with Crippen molar-refractivity contribution in [3.05, 3.63) is 60.8 Å². The molecule has 10 nitrogen and oxygen atoms in total. The highest BCUT2D eigenvalue weighted by atomic mass is 31.2. The number of carbonyl (C=O) groups is 2. The third-order valence-electron chi connectivity index (χ3n) is 7.89. The van der Waals surface area contributed by atoms with Crippen LogP contribution in [0.5, 0.6) is 0 Å². The largest absolute Gasteiger partial charge is 0.472 e. The zero-order valence-corrected chi connectivity index (χ0v) is 33.3. The predicted molar refractivity (Wildman–Crippen MR) is 212 cm³/mol. The molecule has 0 amide bonds. The van der Waals surface area contributed by atoms with E-state index in [1.165, 1.54) is 25.7 Å². The molecule has 0 fully saturated rings. The summed E-state index contributed by atoms with van der Waals surface area (Å²) in [5.41, 5.74) is 5.33. The van der Waals surface area contributed by atoms with Crippen LogP contribution in [0.25, 0.3) is 0 Å². The number of nitrogens with two attached hydrogens (primary N) is 1. The molecule has 0 aliphatic rings. The quantitative estimate of drug-likeness (QED) is 0.0244. The van der Waals surface area contributed by atoms with E-state index < -0.39 is 32.5 Å². The molecule has 0 radical (unpaired) electrons. The minimum absolute atomic E-state index is 0.0373. The number of allylic oxidation sites excluding steroid dienone is 10. The van der Waals surface area contributed by atoms with Gasteiger partial charge in [-0.05, 0) is 90.4 Å². The Bertz CT molecular complexity index is 1050. The van der Waals surface area contributed by atoms with Crippen molar-refractivity contribution in [1.82, 2.24) is 0 Å². The smallest absolute Gasteiger partial charge is 0.462 e. The number of ether oxygens (including phenoxy) is 2. The molecule has 0 rings (SSSR count). The number of phosphoric ester groups is 1. The molecule has 0 aromatic heterocycles. The minimum atomic E-state index is -4.40. The monoisotopic (exact) mass is 753 g/mol. The van der Waals surface area contributed by atoms with Gasteiger partial charge < -0.3 is 25.2 Å². The first kappa shape index (κ1) is 49.7. The van der Waals surface area contributed by atoms with Crippen LogP contribution in [0.3, 0.4) is 0 Å². The van der Waals surface area contributed by atoms with Gasteiger partial charge in [0, 0.05) is 19.4 Å². The number of aliphatic hydroxyl groups is 1. The van der Waals surface area contributed by atoms with Crippen LogP contribution in [-0.4, -0.2) is 60.5 Å². The van der Waals surface area contributed by atoms with E-state index in [1.54, 1.807) is 0 Å². The molecule has 0 saturated carbocycles. The molecule has 11 heteroatoms. The molecule has 52 heavy (non-hydrogen) atoms. The van der Waals surface area contributed by atoms with Gasteiger partial charge in [0.05, 0.1) is 19.3 Å². The van der Waals surface area contributed by atoms with Gasteiger partial charge in [-0.2, -0.15) is 0 Å².